The monoisotopic (exact) mass is 818 g/mol. The Bertz CT molecular complexity index is 3930. The van der Waals surface area contributed by atoms with Gasteiger partial charge in [0, 0.05) is 58.5 Å². The normalized spacial score (nSPS) is 11.8. The largest absolute Gasteiger partial charge is 0.309 e. The summed E-state index contributed by atoms with van der Waals surface area (Å²) in [4.78, 5) is 4.99. The molecule has 0 unspecified atom stereocenters. The molecule has 0 bridgehead atoms. The molecule has 0 atom stereocenters. The zero-order valence-corrected chi connectivity index (χ0v) is 35.1. The lowest BCUT2D eigenvalue weighted by molar-refractivity contribution is 1.32. The Morgan fingerprint density at radius 1 is 0.254 bits per heavy atom. The molecule has 0 saturated carbocycles. The molecule has 0 saturated heterocycles. The topological polar surface area (TPSA) is 6.48 Å². The molecule has 1 aromatic heterocycles. The average molecular weight is 819 g/mol. The van der Waals surface area contributed by atoms with Gasteiger partial charge in [-0.2, -0.15) is 0 Å². The number of fused-ring (bicyclic) bond motifs is 13. The van der Waals surface area contributed by atoms with E-state index in [2.05, 4.69) is 240 Å². The summed E-state index contributed by atoms with van der Waals surface area (Å²) in [5, 5.41) is 17.4. The molecule has 13 rings (SSSR count). The van der Waals surface area contributed by atoms with Crippen LogP contribution in [0, 0.1) is 0 Å². The second kappa shape index (κ2) is 14.3. The zero-order valence-electron chi connectivity index (χ0n) is 34.2. The molecule has 0 spiro atoms. The minimum atomic E-state index is 1.12. The van der Waals surface area contributed by atoms with Gasteiger partial charge in [0.05, 0.1) is 22.7 Å². The van der Waals surface area contributed by atoms with Gasteiger partial charge >= 0.3 is 0 Å². The second-order valence-corrected chi connectivity index (χ2v) is 17.5. The minimum Gasteiger partial charge on any atom is -0.309 e. The van der Waals surface area contributed by atoms with Crippen molar-refractivity contribution in [3.05, 3.63) is 231 Å². The Morgan fingerprint density at radius 2 is 0.603 bits per heavy atom. The third kappa shape index (κ3) is 5.57. The Kier molecular flexibility index (Phi) is 8.12. The maximum Gasteiger partial charge on any atom is 0.0554 e. The molecule has 1 heterocycles. The summed E-state index contributed by atoms with van der Waals surface area (Å²) in [5.74, 6) is 0. The predicted molar refractivity (Wildman–Crippen MR) is 274 cm³/mol. The van der Waals surface area contributed by atoms with E-state index in [1.807, 2.05) is 11.3 Å². The summed E-state index contributed by atoms with van der Waals surface area (Å²) >= 11 is 1.91. The van der Waals surface area contributed by atoms with Crippen LogP contribution in [0.5, 0.6) is 0 Å². The molecule has 0 fully saturated rings. The quantitative estimate of drug-likeness (QED) is 0.154. The molecule has 2 nitrogen and oxygen atoms in total. The van der Waals surface area contributed by atoms with E-state index >= 15 is 0 Å². The van der Waals surface area contributed by atoms with Gasteiger partial charge in [-0.05, 0) is 86.2 Å². The van der Waals surface area contributed by atoms with Crippen LogP contribution in [0.25, 0.3) is 84.8 Å². The third-order valence-corrected chi connectivity index (χ3v) is 14.1. The number of benzene rings is 12. The number of para-hydroxylation sites is 2. The summed E-state index contributed by atoms with van der Waals surface area (Å²) in [6, 6.07) is 84.8. The SMILES string of the molecule is c1ccc(N(c2cc3ccccc3c3ccccc23)c2cc3c(sc4cc(N(c5ccccc5)c5cc6ccccc6c6ccccc56)c5ccccc5c43)c3ccccc23)cc1. The first kappa shape index (κ1) is 35.7. The van der Waals surface area contributed by atoms with Gasteiger partial charge in [-0.1, -0.05) is 182 Å². The fraction of sp³-hybridized carbons (Fsp3) is 0. The van der Waals surface area contributed by atoms with E-state index in [4.69, 9.17) is 0 Å². The number of thiophene rings is 1. The van der Waals surface area contributed by atoms with E-state index in [-0.39, 0.29) is 0 Å². The summed E-state index contributed by atoms with van der Waals surface area (Å²) in [5.41, 5.74) is 6.89. The first-order valence-corrected chi connectivity index (χ1v) is 22.4. The van der Waals surface area contributed by atoms with Gasteiger partial charge in [-0.15, -0.1) is 11.3 Å². The van der Waals surface area contributed by atoms with Crippen LogP contribution in [-0.2, 0) is 0 Å². The van der Waals surface area contributed by atoms with Gasteiger partial charge in [0.15, 0.2) is 0 Å². The molecule has 12 aromatic carbocycles. The van der Waals surface area contributed by atoms with Crippen molar-refractivity contribution < 1.29 is 0 Å². The molecule has 13 aromatic rings. The molecule has 294 valence electrons. The molecule has 0 aliphatic carbocycles. The molecule has 0 aliphatic rings. The van der Waals surface area contributed by atoms with Crippen LogP contribution in [0.4, 0.5) is 34.1 Å². The van der Waals surface area contributed by atoms with Crippen molar-refractivity contribution in [2.45, 2.75) is 0 Å². The van der Waals surface area contributed by atoms with E-state index in [1.165, 1.54) is 84.8 Å². The van der Waals surface area contributed by atoms with Crippen molar-refractivity contribution in [1.29, 1.82) is 0 Å². The van der Waals surface area contributed by atoms with E-state index in [0.29, 0.717) is 0 Å². The van der Waals surface area contributed by atoms with Crippen LogP contribution in [-0.4, -0.2) is 0 Å². The van der Waals surface area contributed by atoms with Crippen molar-refractivity contribution in [3.8, 4) is 0 Å². The Balaban J connectivity index is 1.13. The van der Waals surface area contributed by atoms with E-state index in [1.54, 1.807) is 0 Å². The van der Waals surface area contributed by atoms with Crippen molar-refractivity contribution in [2.75, 3.05) is 9.80 Å². The molecular formula is C60H38N2S. The number of nitrogens with zero attached hydrogens (tertiary/aromatic N) is 2. The fourth-order valence-corrected chi connectivity index (χ4v) is 11.5. The summed E-state index contributed by atoms with van der Waals surface area (Å²) in [6.45, 7) is 0. The Morgan fingerprint density at radius 3 is 1.11 bits per heavy atom. The third-order valence-electron chi connectivity index (χ3n) is 12.9. The van der Waals surface area contributed by atoms with Crippen LogP contribution in [0.2, 0.25) is 0 Å². The molecule has 3 heteroatoms. The van der Waals surface area contributed by atoms with E-state index in [0.717, 1.165) is 34.1 Å². The number of anilines is 6. The van der Waals surface area contributed by atoms with Crippen LogP contribution in [0.3, 0.4) is 0 Å². The van der Waals surface area contributed by atoms with Gasteiger partial charge in [0.1, 0.15) is 0 Å². The Labute approximate surface area is 368 Å². The van der Waals surface area contributed by atoms with Crippen molar-refractivity contribution >= 4 is 130 Å². The Hall–Kier alpha value is -7.98. The van der Waals surface area contributed by atoms with Gasteiger partial charge in [0.2, 0.25) is 0 Å². The highest BCUT2D eigenvalue weighted by atomic mass is 32.1. The molecule has 0 aliphatic heterocycles. The first-order valence-electron chi connectivity index (χ1n) is 21.6. The lowest BCUT2D eigenvalue weighted by Gasteiger charge is -2.29. The standard InChI is InChI=1S/C60H38N2S/c1-3-21-41(22-4-1)61(54-35-39-19-7-9-25-43(39)45-27-11-13-29-47(45)54)56-37-53-59-51-33-17-15-31-49(51)57(38-58(59)63-60(53)52-34-18-16-32-50(52)56)62(42-23-5-2-6-24-42)55-36-40-20-8-10-26-44(40)46-28-12-14-30-48(46)55/h1-38H. The second-order valence-electron chi connectivity index (χ2n) is 16.4. The number of hydrogen-bond donors (Lipinski definition) is 0. The van der Waals surface area contributed by atoms with Crippen LogP contribution < -0.4 is 9.80 Å². The smallest absolute Gasteiger partial charge is 0.0554 e. The molecular weight excluding hydrogens is 781 g/mol. The number of rotatable bonds is 6. The minimum absolute atomic E-state index is 1.12. The van der Waals surface area contributed by atoms with Crippen molar-refractivity contribution in [2.24, 2.45) is 0 Å². The van der Waals surface area contributed by atoms with Crippen LogP contribution in [0.15, 0.2) is 231 Å². The lowest BCUT2D eigenvalue weighted by Crippen LogP contribution is -2.11. The molecule has 63 heavy (non-hydrogen) atoms. The van der Waals surface area contributed by atoms with Gasteiger partial charge in [-0.3, -0.25) is 0 Å². The molecule has 0 amide bonds. The highest BCUT2D eigenvalue weighted by Crippen LogP contribution is 2.52. The van der Waals surface area contributed by atoms with E-state index < -0.39 is 0 Å². The average Bonchev–Trinajstić information content (AvgIpc) is 3.74. The summed E-state index contributed by atoms with van der Waals surface area (Å²) in [6.07, 6.45) is 0. The maximum absolute atomic E-state index is 2.50. The maximum atomic E-state index is 2.50. The summed E-state index contributed by atoms with van der Waals surface area (Å²) in [7, 11) is 0. The summed E-state index contributed by atoms with van der Waals surface area (Å²) < 4.78 is 2.56. The van der Waals surface area contributed by atoms with Crippen molar-refractivity contribution in [1.82, 2.24) is 0 Å². The molecule has 0 N–H and O–H groups in total. The fourth-order valence-electron chi connectivity index (χ4n) is 10.2. The molecule has 0 radical (unpaired) electrons. The van der Waals surface area contributed by atoms with Crippen molar-refractivity contribution in [3.63, 3.8) is 0 Å². The van der Waals surface area contributed by atoms with Crippen LogP contribution >= 0.6 is 11.3 Å². The van der Waals surface area contributed by atoms with E-state index in [9.17, 15) is 0 Å². The van der Waals surface area contributed by atoms with Gasteiger partial charge < -0.3 is 9.80 Å². The highest BCUT2D eigenvalue weighted by Gasteiger charge is 2.25. The van der Waals surface area contributed by atoms with Crippen LogP contribution in [0.1, 0.15) is 0 Å². The highest BCUT2D eigenvalue weighted by molar-refractivity contribution is 7.27. The predicted octanol–water partition coefficient (Wildman–Crippen LogP) is 17.9. The van der Waals surface area contributed by atoms with Gasteiger partial charge in [0.25, 0.3) is 0 Å². The lowest BCUT2D eigenvalue weighted by atomic mass is 9.96. The number of hydrogen-bond acceptors (Lipinski definition) is 3. The first-order chi connectivity index (χ1) is 31.3. The zero-order chi connectivity index (χ0) is 41.4. The van der Waals surface area contributed by atoms with Gasteiger partial charge in [-0.25, -0.2) is 0 Å².